The summed E-state index contributed by atoms with van der Waals surface area (Å²) < 4.78 is 10.6. The Balaban J connectivity index is 2.60. The average Bonchev–Trinajstić information content (AvgIpc) is 2.30. The number of aryl methyl sites for hydroxylation is 1. The molecule has 0 aliphatic carbocycles. The molecule has 0 fully saturated rings. The molecule has 4 heteroatoms. The fraction of sp³-hybridized carbons (Fsp3) is 0.500. The fourth-order valence-electron chi connectivity index (χ4n) is 1.31. The Morgan fingerprint density at radius 1 is 1.33 bits per heavy atom. The van der Waals surface area contributed by atoms with Crippen LogP contribution in [0.4, 0.5) is 0 Å². The van der Waals surface area contributed by atoms with E-state index in [1.165, 1.54) is 0 Å². The Morgan fingerprint density at radius 3 is 2.61 bits per heavy atom. The highest BCUT2D eigenvalue weighted by Crippen LogP contribution is 2.26. The van der Waals surface area contributed by atoms with Crippen molar-refractivity contribution in [1.82, 2.24) is 0 Å². The third kappa shape index (κ3) is 4.57. The van der Waals surface area contributed by atoms with Crippen LogP contribution in [0.1, 0.15) is 26.3 Å². The number of ether oxygens (including phenoxy) is 2. The van der Waals surface area contributed by atoms with E-state index in [9.17, 15) is 4.79 Å². The maximum atomic E-state index is 11.7. The largest absolute Gasteiger partial charge is 0.477 e. The van der Waals surface area contributed by atoms with Crippen LogP contribution in [0.15, 0.2) is 18.2 Å². The smallest absolute Gasteiger partial charge is 0.347 e. The molecule has 1 aromatic rings. The van der Waals surface area contributed by atoms with Crippen LogP contribution in [0, 0.1) is 12.8 Å². The lowest BCUT2D eigenvalue weighted by atomic mass is 10.2. The van der Waals surface area contributed by atoms with Gasteiger partial charge in [0.1, 0.15) is 5.75 Å². The summed E-state index contributed by atoms with van der Waals surface area (Å²) in [7, 11) is 0. The first-order chi connectivity index (χ1) is 8.40. The summed E-state index contributed by atoms with van der Waals surface area (Å²) in [5.41, 5.74) is 1.03. The van der Waals surface area contributed by atoms with Crippen molar-refractivity contribution in [3.05, 3.63) is 28.8 Å². The van der Waals surface area contributed by atoms with E-state index in [1.54, 1.807) is 19.1 Å². The highest BCUT2D eigenvalue weighted by molar-refractivity contribution is 6.32. The number of carbonyl (C=O) groups is 1. The molecule has 18 heavy (non-hydrogen) atoms. The maximum absolute atomic E-state index is 11.7. The molecule has 3 nitrogen and oxygen atoms in total. The fourth-order valence-corrected chi connectivity index (χ4v) is 1.47. The second-order valence-electron chi connectivity index (χ2n) is 4.72. The molecule has 0 spiro atoms. The van der Waals surface area contributed by atoms with E-state index in [4.69, 9.17) is 21.1 Å². The third-order valence-electron chi connectivity index (χ3n) is 2.28. The van der Waals surface area contributed by atoms with Gasteiger partial charge in [0.2, 0.25) is 0 Å². The number of hydrogen-bond donors (Lipinski definition) is 0. The van der Waals surface area contributed by atoms with Crippen molar-refractivity contribution in [3.63, 3.8) is 0 Å². The SMILES string of the molecule is Cc1ccc(Cl)c(O[C@@H](C)C(=O)OCC(C)C)c1. The maximum Gasteiger partial charge on any atom is 0.347 e. The highest BCUT2D eigenvalue weighted by atomic mass is 35.5. The monoisotopic (exact) mass is 270 g/mol. The van der Waals surface area contributed by atoms with Crippen molar-refractivity contribution in [3.8, 4) is 5.75 Å². The molecule has 0 amide bonds. The Hall–Kier alpha value is -1.22. The lowest BCUT2D eigenvalue weighted by Gasteiger charge is -2.16. The van der Waals surface area contributed by atoms with Crippen LogP contribution in [0.3, 0.4) is 0 Å². The Morgan fingerprint density at radius 2 is 2.00 bits per heavy atom. The van der Waals surface area contributed by atoms with Gasteiger partial charge in [-0.2, -0.15) is 0 Å². The second-order valence-corrected chi connectivity index (χ2v) is 5.13. The van der Waals surface area contributed by atoms with Crippen molar-refractivity contribution >= 4 is 17.6 Å². The van der Waals surface area contributed by atoms with Crippen molar-refractivity contribution in [2.24, 2.45) is 5.92 Å². The summed E-state index contributed by atoms with van der Waals surface area (Å²) in [5.74, 6) is 0.440. The minimum absolute atomic E-state index is 0.309. The first-order valence-electron chi connectivity index (χ1n) is 5.99. The van der Waals surface area contributed by atoms with Gasteiger partial charge >= 0.3 is 5.97 Å². The molecule has 0 radical (unpaired) electrons. The third-order valence-corrected chi connectivity index (χ3v) is 2.59. The summed E-state index contributed by atoms with van der Waals surface area (Å²) in [6.45, 7) is 7.95. The molecule has 0 saturated heterocycles. The summed E-state index contributed by atoms with van der Waals surface area (Å²) in [6, 6.07) is 5.43. The van der Waals surface area contributed by atoms with E-state index in [0.717, 1.165) is 5.56 Å². The lowest BCUT2D eigenvalue weighted by Crippen LogP contribution is -2.27. The zero-order chi connectivity index (χ0) is 13.7. The summed E-state index contributed by atoms with van der Waals surface area (Å²) in [6.07, 6.45) is -0.664. The summed E-state index contributed by atoms with van der Waals surface area (Å²) in [5, 5.41) is 0.490. The predicted molar refractivity (Wildman–Crippen MR) is 72.1 cm³/mol. The van der Waals surface area contributed by atoms with E-state index >= 15 is 0 Å². The van der Waals surface area contributed by atoms with Gasteiger partial charge in [-0.3, -0.25) is 0 Å². The number of carbonyl (C=O) groups excluding carboxylic acids is 1. The van der Waals surface area contributed by atoms with E-state index in [-0.39, 0.29) is 5.97 Å². The first kappa shape index (κ1) is 14.8. The average molecular weight is 271 g/mol. The molecular formula is C14H19ClO3. The summed E-state index contributed by atoms with van der Waals surface area (Å²) >= 11 is 6.00. The van der Waals surface area contributed by atoms with E-state index in [1.807, 2.05) is 26.8 Å². The quantitative estimate of drug-likeness (QED) is 0.767. The van der Waals surface area contributed by atoms with Crippen LogP contribution in [0.5, 0.6) is 5.75 Å². The summed E-state index contributed by atoms with van der Waals surface area (Å²) in [4.78, 5) is 11.7. The molecule has 1 atom stereocenters. The van der Waals surface area contributed by atoms with Crippen LogP contribution in [0.2, 0.25) is 5.02 Å². The van der Waals surface area contributed by atoms with E-state index < -0.39 is 6.10 Å². The van der Waals surface area contributed by atoms with Crippen molar-refractivity contribution in [2.45, 2.75) is 33.8 Å². The van der Waals surface area contributed by atoms with Crippen LogP contribution >= 0.6 is 11.6 Å². The second kappa shape index (κ2) is 6.64. The Bertz CT molecular complexity index is 416. The minimum atomic E-state index is -0.664. The molecule has 0 aromatic heterocycles. The number of esters is 1. The van der Waals surface area contributed by atoms with Gasteiger partial charge in [0.15, 0.2) is 6.10 Å². The van der Waals surface area contributed by atoms with Gasteiger partial charge in [-0.1, -0.05) is 31.5 Å². The van der Waals surface area contributed by atoms with Gasteiger partial charge in [-0.15, -0.1) is 0 Å². The number of rotatable bonds is 5. The van der Waals surface area contributed by atoms with Gasteiger partial charge in [0, 0.05) is 0 Å². The molecule has 0 saturated carbocycles. The van der Waals surface area contributed by atoms with Crippen LogP contribution in [0.25, 0.3) is 0 Å². The molecule has 0 unspecified atom stereocenters. The zero-order valence-electron chi connectivity index (χ0n) is 11.2. The Labute approximate surface area is 113 Å². The molecule has 0 aliphatic heterocycles. The van der Waals surface area contributed by atoms with Crippen molar-refractivity contribution in [1.29, 1.82) is 0 Å². The molecule has 100 valence electrons. The van der Waals surface area contributed by atoms with Crippen LogP contribution in [-0.4, -0.2) is 18.7 Å². The molecule has 0 aliphatic rings. The molecule has 0 N–H and O–H groups in total. The standard InChI is InChI=1S/C14H19ClO3/c1-9(2)8-17-14(16)11(4)18-13-7-10(3)5-6-12(13)15/h5-7,9,11H,8H2,1-4H3/t11-/m0/s1. The van der Waals surface area contributed by atoms with Crippen molar-refractivity contribution < 1.29 is 14.3 Å². The van der Waals surface area contributed by atoms with Crippen LogP contribution in [-0.2, 0) is 9.53 Å². The minimum Gasteiger partial charge on any atom is -0.477 e. The van der Waals surface area contributed by atoms with Gasteiger partial charge < -0.3 is 9.47 Å². The molecule has 0 bridgehead atoms. The first-order valence-corrected chi connectivity index (χ1v) is 6.37. The topological polar surface area (TPSA) is 35.5 Å². The van der Waals surface area contributed by atoms with Crippen LogP contribution < -0.4 is 4.74 Å². The Kier molecular flexibility index (Phi) is 5.48. The van der Waals surface area contributed by atoms with E-state index in [2.05, 4.69) is 0 Å². The number of halogens is 1. The van der Waals surface area contributed by atoms with E-state index in [0.29, 0.717) is 23.3 Å². The zero-order valence-corrected chi connectivity index (χ0v) is 12.0. The van der Waals surface area contributed by atoms with Crippen molar-refractivity contribution in [2.75, 3.05) is 6.61 Å². The highest BCUT2D eigenvalue weighted by Gasteiger charge is 2.18. The normalized spacial score (nSPS) is 12.3. The number of benzene rings is 1. The molecular weight excluding hydrogens is 252 g/mol. The molecule has 0 heterocycles. The predicted octanol–water partition coefficient (Wildman–Crippen LogP) is 3.61. The van der Waals surface area contributed by atoms with Gasteiger partial charge in [0.05, 0.1) is 11.6 Å². The van der Waals surface area contributed by atoms with Gasteiger partial charge in [-0.05, 0) is 37.5 Å². The molecule has 1 rings (SSSR count). The van der Waals surface area contributed by atoms with Gasteiger partial charge in [0.25, 0.3) is 0 Å². The number of hydrogen-bond acceptors (Lipinski definition) is 3. The van der Waals surface area contributed by atoms with Gasteiger partial charge in [-0.25, -0.2) is 4.79 Å². The molecule has 1 aromatic carbocycles. The lowest BCUT2D eigenvalue weighted by molar-refractivity contribution is -0.152.